The lowest BCUT2D eigenvalue weighted by Crippen LogP contribution is -2.50. The zero-order chi connectivity index (χ0) is 17.8. The summed E-state index contributed by atoms with van der Waals surface area (Å²) < 4.78 is 0. The Balaban J connectivity index is 1.57. The van der Waals surface area contributed by atoms with Gasteiger partial charge >= 0.3 is 0 Å². The average Bonchev–Trinajstić information content (AvgIpc) is 3.15. The number of hydrogen-bond acceptors (Lipinski definition) is 2. The van der Waals surface area contributed by atoms with E-state index in [9.17, 15) is 9.59 Å². The number of hydrogen-bond donors (Lipinski definition) is 1. The van der Waals surface area contributed by atoms with Gasteiger partial charge in [-0.3, -0.25) is 9.59 Å². The third kappa shape index (κ3) is 4.10. The molecule has 2 heterocycles. The quantitative estimate of drug-likeness (QED) is 0.931. The summed E-state index contributed by atoms with van der Waals surface area (Å²) >= 11 is 0. The van der Waals surface area contributed by atoms with Crippen LogP contribution in [0, 0.1) is 5.92 Å². The van der Waals surface area contributed by atoms with Crippen LogP contribution in [-0.2, 0) is 6.42 Å². The van der Waals surface area contributed by atoms with Gasteiger partial charge in [-0.25, -0.2) is 0 Å². The van der Waals surface area contributed by atoms with Crippen LogP contribution in [0.15, 0.2) is 42.7 Å². The number of aromatic amines is 1. The molecule has 1 saturated heterocycles. The second-order valence-electron chi connectivity index (χ2n) is 6.98. The van der Waals surface area contributed by atoms with E-state index in [1.54, 1.807) is 23.4 Å². The molecule has 2 aromatic rings. The van der Waals surface area contributed by atoms with E-state index in [1.165, 1.54) is 5.56 Å². The maximum Gasteiger partial charge on any atom is 0.255 e. The van der Waals surface area contributed by atoms with Gasteiger partial charge in [-0.1, -0.05) is 26.0 Å². The predicted molar refractivity (Wildman–Crippen MR) is 97.6 cm³/mol. The van der Waals surface area contributed by atoms with Gasteiger partial charge in [-0.05, 0) is 36.1 Å². The van der Waals surface area contributed by atoms with Crippen LogP contribution in [-0.4, -0.2) is 52.8 Å². The number of carbonyl (C=O) groups excluding carboxylic acids is 2. The summed E-state index contributed by atoms with van der Waals surface area (Å²) in [5, 5.41) is 0. The molecule has 25 heavy (non-hydrogen) atoms. The normalized spacial score (nSPS) is 14.8. The largest absolute Gasteiger partial charge is 0.367 e. The van der Waals surface area contributed by atoms with Gasteiger partial charge in [0, 0.05) is 44.1 Å². The van der Waals surface area contributed by atoms with Gasteiger partial charge in [0.1, 0.15) is 0 Å². The van der Waals surface area contributed by atoms with Gasteiger partial charge in [0.15, 0.2) is 0 Å². The van der Waals surface area contributed by atoms with Crippen LogP contribution in [0.3, 0.4) is 0 Å². The van der Waals surface area contributed by atoms with Crippen molar-refractivity contribution >= 4 is 11.8 Å². The highest BCUT2D eigenvalue weighted by Crippen LogP contribution is 2.14. The van der Waals surface area contributed by atoms with Crippen LogP contribution in [0.25, 0.3) is 0 Å². The molecule has 0 unspecified atom stereocenters. The fourth-order valence-corrected chi connectivity index (χ4v) is 3.19. The Hall–Kier alpha value is -2.56. The van der Waals surface area contributed by atoms with Crippen LogP contribution in [0.4, 0.5) is 0 Å². The zero-order valence-electron chi connectivity index (χ0n) is 14.9. The summed E-state index contributed by atoms with van der Waals surface area (Å²) in [6.45, 7) is 6.66. The van der Waals surface area contributed by atoms with Gasteiger partial charge in [0.2, 0.25) is 0 Å². The molecule has 2 amide bonds. The van der Waals surface area contributed by atoms with E-state index in [2.05, 4.69) is 18.8 Å². The van der Waals surface area contributed by atoms with Crippen molar-refractivity contribution in [3.63, 3.8) is 0 Å². The summed E-state index contributed by atoms with van der Waals surface area (Å²) in [4.78, 5) is 31.5. The zero-order valence-corrected chi connectivity index (χ0v) is 14.9. The highest BCUT2D eigenvalue weighted by Gasteiger charge is 2.25. The number of nitrogens with one attached hydrogen (secondary N) is 1. The molecule has 5 heteroatoms. The molecule has 1 aliphatic heterocycles. The number of piperazine rings is 1. The summed E-state index contributed by atoms with van der Waals surface area (Å²) in [5.74, 6) is 0.670. The molecule has 0 radical (unpaired) electrons. The van der Waals surface area contributed by atoms with Crippen molar-refractivity contribution < 1.29 is 9.59 Å². The maximum atomic E-state index is 12.7. The van der Waals surface area contributed by atoms with Gasteiger partial charge in [-0.15, -0.1) is 0 Å². The first-order chi connectivity index (χ1) is 12.0. The van der Waals surface area contributed by atoms with Crippen LogP contribution in [0.5, 0.6) is 0 Å². The molecule has 1 fully saturated rings. The van der Waals surface area contributed by atoms with Crippen LogP contribution in [0.1, 0.15) is 40.1 Å². The molecule has 0 bridgehead atoms. The van der Waals surface area contributed by atoms with E-state index in [1.807, 2.05) is 29.2 Å². The molecule has 0 saturated carbocycles. The summed E-state index contributed by atoms with van der Waals surface area (Å²) in [6, 6.07) is 9.69. The standard InChI is InChI=1S/C20H25N3O2/c1-15(2)13-16-3-5-17(6-4-16)19(24)22-9-11-23(12-10-22)20(25)18-7-8-21-14-18/h3-8,14-15,21H,9-13H2,1-2H3. The molecule has 1 aliphatic rings. The summed E-state index contributed by atoms with van der Waals surface area (Å²) in [5.41, 5.74) is 2.65. The molecule has 0 spiro atoms. The minimum absolute atomic E-state index is 0.0198. The first kappa shape index (κ1) is 17.3. The Bertz CT molecular complexity index is 712. The van der Waals surface area contributed by atoms with E-state index in [4.69, 9.17) is 0 Å². The van der Waals surface area contributed by atoms with Gasteiger partial charge in [0.25, 0.3) is 11.8 Å². The monoisotopic (exact) mass is 339 g/mol. The molecule has 132 valence electrons. The Morgan fingerprint density at radius 1 is 0.920 bits per heavy atom. The molecule has 0 aliphatic carbocycles. The van der Waals surface area contributed by atoms with E-state index in [0.717, 1.165) is 12.0 Å². The lowest BCUT2D eigenvalue weighted by molar-refractivity contribution is 0.0535. The highest BCUT2D eigenvalue weighted by atomic mass is 16.2. The highest BCUT2D eigenvalue weighted by molar-refractivity contribution is 5.95. The van der Waals surface area contributed by atoms with Crippen molar-refractivity contribution in [3.8, 4) is 0 Å². The van der Waals surface area contributed by atoms with E-state index in [0.29, 0.717) is 37.7 Å². The van der Waals surface area contributed by atoms with Crippen molar-refractivity contribution in [1.29, 1.82) is 0 Å². The van der Waals surface area contributed by atoms with Crippen molar-refractivity contribution in [2.24, 2.45) is 5.92 Å². The first-order valence-corrected chi connectivity index (χ1v) is 8.85. The third-order valence-electron chi connectivity index (χ3n) is 4.54. The van der Waals surface area contributed by atoms with Crippen molar-refractivity contribution in [1.82, 2.24) is 14.8 Å². The molecular formula is C20H25N3O2. The number of carbonyl (C=O) groups is 2. The molecule has 3 rings (SSSR count). The fourth-order valence-electron chi connectivity index (χ4n) is 3.19. The third-order valence-corrected chi connectivity index (χ3v) is 4.54. The lowest BCUT2D eigenvalue weighted by Gasteiger charge is -2.34. The van der Waals surface area contributed by atoms with Crippen molar-refractivity contribution in [2.45, 2.75) is 20.3 Å². The summed E-state index contributed by atoms with van der Waals surface area (Å²) in [6.07, 6.45) is 4.48. The number of benzene rings is 1. The topological polar surface area (TPSA) is 56.4 Å². The van der Waals surface area contributed by atoms with E-state index < -0.39 is 0 Å². The predicted octanol–water partition coefficient (Wildman–Crippen LogP) is 2.81. The number of nitrogens with zero attached hydrogens (tertiary/aromatic N) is 2. The molecule has 1 N–H and O–H groups in total. The Morgan fingerprint density at radius 2 is 1.48 bits per heavy atom. The lowest BCUT2D eigenvalue weighted by atomic mass is 10.0. The molecule has 0 atom stereocenters. The smallest absolute Gasteiger partial charge is 0.255 e. The minimum atomic E-state index is 0.0198. The molecular weight excluding hydrogens is 314 g/mol. The molecule has 5 nitrogen and oxygen atoms in total. The van der Waals surface area contributed by atoms with Gasteiger partial charge in [0.05, 0.1) is 5.56 Å². The first-order valence-electron chi connectivity index (χ1n) is 8.85. The van der Waals surface area contributed by atoms with Gasteiger partial charge in [-0.2, -0.15) is 0 Å². The maximum absolute atomic E-state index is 12.7. The molecule has 1 aromatic carbocycles. The van der Waals surface area contributed by atoms with Crippen molar-refractivity contribution in [3.05, 3.63) is 59.4 Å². The van der Waals surface area contributed by atoms with E-state index >= 15 is 0 Å². The Kier molecular flexibility index (Phi) is 5.22. The second-order valence-corrected chi connectivity index (χ2v) is 6.98. The number of rotatable bonds is 4. The van der Waals surface area contributed by atoms with Crippen molar-refractivity contribution in [2.75, 3.05) is 26.2 Å². The molecule has 1 aromatic heterocycles. The number of aromatic nitrogens is 1. The SMILES string of the molecule is CC(C)Cc1ccc(C(=O)N2CCN(C(=O)c3cc[nH]c3)CC2)cc1. The van der Waals surface area contributed by atoms with E-state index in [-0.39, 0.29) is 11.8 Å². The Labute approximate surface area is 148 Å². The average molecular weight is 339 g/mol. The second kappa shape index (κ2) is 7.55. The minimum Gasteiger partial charge on any atom is -0.367 e. The van der Waals surface area contributed by atoms with Gasteiger partial charge < -0.3 is 14.8 Å². The number of amides is 2. The van der Waals surface area contributed by atoms with Crippen LogP contribution in [0.2, 0.25) is 0 Å². The van der Waals surface area contributed by atoms with Crippen LogP contribution < -0.4 is 0 Å². The Morgan fingerprint density at radius 3 is 1.96 bits per heavy atom. The summed E-state index contributed by atoms with van der Waals surface area (Å²) in [7, 11) is 0. The number of H-pyrrole nitrogens is 1. The fraction of sp³-hybridized carbons (Fsp3) is 0.400. The van der Waals surface area contributed by atoms with Crippen LogP contribution >= 0.6 is 0 Å².